The lowest BCUT2D eigenvalue weighted by atomic mass is 9.87. The Bertz CT molecular complexity index is 1090. The number of nitrogens with one attached hydrogen (secondary N) is 1. The Kier molecular flexibility index (Phi) is 8.88. The zero-order valence-corrected chi connectivity index (χ0v) is 20.9. The van der Waals surface area contributed by atoms with Gasteiger partial charge in [-0.15, -0.1) is 0 Å². The highest BCUT2D eigenvalue weighted by Gasteiger charge is 2.21. The fourth-order valence-corrected chi connectivity index (χ4v) is 4.09. The summed E-state index contributed by atoms with van der Waals surface area (Å²) in [6.45, 7) is 5.95. The highest BCUT2D eigenvalue weighted by Crippen LogP contribution is 2.27. The maximum absolute atomic E-state index is 12.3. The largest absolute Gasteiger partial charge is 0.493 e. The van der Waals surface area contributed by atoms with Crippen LogP contribution in [0.2, 0.25) is 5.02 Å². The monoisotopic (exact) mass is 496 g/mol. The number of anilines is 1. The summed E-state index contributed by atoms with van der Waals surface area (Å²) in [6, 6.07) is 11.7. The third-order valence-electron chi connectivity index (χ3n) is 4.63. The molecule has 180 valence electrons. The molecule has 0 aliphatic carbocycles. The van der Waals surface area contributed by atoms with Crippen LogP contribution in [-0.2, 0) is 29.8 Å². The van der Waals surface area contributed by atoms with E-state index in [1.54, 1.807) is 0 Å². The van der Waals surface area contributed by atoms with Crippen LogP contribution in [0.5, 0.6) is 5.75 Å². The molecule has 33 heavy (non-hydrogen) atoms. The first-order valence-electron chi connectivity index (χ1n) is 10.2. The van der Waals surface area contributed by atoms with Crippen molar-refractivity contribution in [3.05, 3.63) is 53.1 Å². The van der Waals surface area contributed by atoms with Crippen molar-refractivity contribution in [3.8, 4) is 5.75 Å². The fraction of sp³-hybridized carbons (Fsp3) is 0.391. The Balaban J connectivity index is 1.81. The van der Waals surface area contributed by atoms with E-state index in [2.05, 4.69) is 26.1 Å². The zero-order chi connectivity index (χ0) is 24.8. The third kappa shape index (κ3) is 7.73. The molecule has 10 heteroatoms. The van der Waals surface area contributed by atoms with Gasteiger partial charge < -0.3 is 14.8 Å². The predicted molar refractivity (Wildman–Crippen MR) is 127 cm³/mol. The van der Waals surface area contributed by atoms with Crippen LogP contribution in [0, 0.1) is 0 Å². The molecule has 0 unspecified atom stereocenters. The second-order valence-electron chi connectivity index (χ2n) is 8.51. The Hall–Kier alpha value is -2.62. The quantitative estimate of drug-likeness (QED) is 0.529. The topological polar surface area (TPSA) is 102 Å². The third-order valence-corrected chi connectivity index (χ3v) is 6.93. The highest BCUT2D eigenvalue weighted by molar-refractivity contribution is 7.89. The highest BCUT2D eigenvalue weighted by atomic mass is 35.5. The second-order valence-corrected chi connectivity index (χ2v) is 11.0. The van der Waals surface area contributed by atoms with Crippen LogP contribution in [0.25, 0.3) is 0 Å². The molecule has 1 N–H and O–H groups in total. The van der Waals surface area contributed by atoms with Crippen LogP contribution >= 0.6 is 11.6 Å². The molecule has 0 spiro atoms. The molecule has 0 aliphatic heterocycles. The SMILES string of the molecule is CN(C)S(=O)(=O)c1cc(NC(=O)COC(=O)CCOc2ccc(C(C)(C)C)cc2)ccc1Cl. The molecular weight excluding hydrogens is 468 g/mol. The number of esters is 1. The van der Waals surface area contributed by atoms with Gasteiger partial charge in [0, 0.05) is 19.8 Å². The van der Waals surface area contributed by atoms with Crippen LogP contribution in [-0.4, -0.2) is 51.9 Å². The van der Waals surface area contributed by atoms with Crippen molar-refractivity contribution in [1.29, 1.82) is 0 Å². The molecule has 0 aromatic heterocycles. The number of carbonyl (C=O) groups excluding carboxylic acids is 2. The van der Waals surface area contributed by atoms with Crippen LogP contribution in [0.4, 0.5) is 5.69 Å². The molecule has 0 radical (unpaired) electrons. The maximum atomic E-state index is 12.3. The molecule has 0 fully saturated rings. The molecule has 2 rings (SSSR count). The van der Waals surface area contributed by atoms with Gasteiger partial charge in [-0.2, -0.15) is 0 Å². The molecule has 0 bridgehead atoms. The molecular formula is C23H29ClN2O6S. The van der Waals surface area contributed by atoms with Crippen molar-refractivity contribution in [3.63, 3.8) is 0 Å². The number of ether oxygens (including phenoxy) is 2. The van der Waals surface area contributed by atoms with E-state index in [0.717, 1.165) is 4.31 Å². The van der Waals surface area contributed by atoms with E-state index in [1.165, 1.54) is 37.9 Å². The summed E-state index contributed by atoms with van der Waals surface area (Å²) in [6.07, 6.45) is -0.0273. The van der Waals surface area contributed by atoms with Crippen molar-refractivity contribution >= 4 is 39.2 Å². The minimum atomic E-state index is -3.78. The Morgan fingerprint density at radius 1 is 1.06 bits per heavy atom. The lowest BCUT2D eigenvalue weighted by molar-refractivity contribution is -0.147. The summed E-state index contributed by atoms with van der Waals surface area (Å²) in [7, 11) is -1.03. The predicted octanol–water partition coefficient (Wildman–Crippen LogP) is 3.84. The Morgan fingerprint density at radius 3 is 2.27 bits per heavy atom. The van der Waals surface area contributed by atoms with Gasteiger partial charge >= 0.3 is 5.97 Å². The number of hydrogen-bond acceptors (Lipinski definition) is 6. The minimum Gasteiger partial charge on any atom is -0.493 e. The molecule has 2 aromatic carbocycles. The maximum Gasteiger partial charge on any atom is 0.309 e. The number of halogens is 1. The average molecular weight is 497 g/mol. The van der Waals surface area contributed by atoms with Gasteiger partial charge in [-0.1, -0.05) is 44.5 Å². The van der Waals surface area contributed by atoms with E-state index in [9.17, 15) is 18.0 Å². The number of benzene rings is 2. The van der Waals surface area contributed by atoms with Crippen LogP contribution in [0.3, 0.4) is 0 Å². The summed E-state index contributed by atoms with van der Waals surface area (Å²) >= 11 is 5.98. The van der Waals surface area contributed by atoms with Crippen molar-refractivity contribution in [1.82, 2.24) is 4.31 Å². The summed E-state index contributed by atoms with van der Waals surface area (Å²) in [5.41, 5.74) is 1.42. The fourth-order valence-electron chi connectivity index (χ4n) is 2.69. The van der Waals surface area contributed by atoms with Gasteiger partial charge in [-0.25, -0.2) is 12.7 Å². The van der Waals surface area contributed by atoms with Crippen LogP contribution < -0.4 is 10.1 Å². The first-order chi connectivity index (χ1) is 15.3. The van der Waals surface area contributed by atoms with Gasteiger partial charge in [-0.05, 0) is 41.3 Å². The molecule has 2 aromatic rings. The van der Waals surface area contributed by atoms with E-state index in [0.29, 0.717) is 5.75 Å². The van der Waals surface area contributed by atoms with Gasteiger partial charge in [0.15, 0.2) is 6.61 Å². The molecule has 0 aliphatic rings. The van der Waals surface area contributed by atoms with Crippen LogP contribution in [0.1, 0.15) is 32.8 Å². The zero-order valence-electron chi connectivity index (χ0n) is 19.3. The molecule has 0 saturated carbocycles. The smallest absolute Gasteiger partial charge is 0.309 e. The van der Waals surface area contributed by atoms with E-state index in [-0.39, 0.29) is 34.0 Å². The van der Waals surface area contributed by atoms with Gasteiger partial charge in [0.25, 0.3) is 5.91 Å². The number of sulfonamides is 1. The summed E-state index contributed by atoms with van der Waals surface area (Å²) < 4.78 is 36.2. The van der Waals surface area contributed by atoms with Gasteiger partial charge in [0.2, 0.25) is 10.0 Å². The molecule has 8 nitrogen and oxygen atoms in total. The van der Waals surface area contributed by atoms with E-state index in [1.807, 2.05) is 24.3 Å². The standard InChI is InChI=1S/C23H29ClN2O6S/c1-23(2,3)16-6-9-18(10-7-16)31-13-12-22(28)32-15-21(27)25-17-8-11-19(24)20(14-17)33(29,30)26(4)5/h6-11,14H,12-13,15H2,1-5H3,(H,25,27). The second kappa shape index (κ2) is 11.0. The van der Waals surface area contributed by atoms with E-state index >= 15 is 0 Å². The lowest BCUT2D eigenvalue weighted by Crippen LogP contribution is -2.24. The van der Waals surface area contributed by atoms with Gasteiger partial charge in [0.1, 0.15) is 10.6 Å². The first kappa shape index (κ1) is 26.6. The molecule has 0 atom stereocenters. The number of amides is 1. The number of nitrogens with zero attached hydrogens (tertiary/aromatic N) is 1. The van der Waals surface area contributed by atoms with Crippen molar-refractivity contribution in [2.24, 2.45) is 0 Å². The summed E-state index contributed by atoms with van der Waals surface area (Å²) in [5.74, 6) is -0.569. The van der Waals surface area contributed by atoms with Crippen molar-refractivity contribution in [2.75, 3.05) is 32.6 Å². The number of carbonyl (C=O) groups is 2. The average Bonchev–Trinajstić information content (AvgIpc) is 2.73. The molecule has 0 saturated heterocycles. The first-order valence-corrected chi connectivity index (χ1v) is 12.0. The van der Waals surface area contributed by atoms with E-state index in [4.69, 9.17) is 21.1 Å². The number of hydrogen-bond donors (Lipinski definition) is 1. The minimum absolute atomic E-state index is 0.0273. The van der Waals surface area contributed by atoms with Crippen molar-refractivity contribution < 1.29 is 27.5 Å². The van der Waals surface area contributed by atoms with Gasteiger partial charge in [0.05, 0.1) is 18.1 Å². The summed E-state index contributed by atoms with van der Waals surface area (Å²) in [5, 5.41) is 2.52. The van der Waals surface area contributed by atoms with Crippen LogP contribution in [0.15, 0.2) is 47.4 Å². The van der Waals surface area contributed by atoms with E-state index < -0.39 is 28.5 Å². The Morgan fingerprint density at radius 2 is 1.70 bits per heavy atom. The number of rotatable bonds is 9. The molecule has 1 amide bonds. The Labute approximate surface area is 199 Å². The van der Waals surface area contributed by atoms with Gasteiger partial charge in [-0.3, -0.25) is 9.59 Å². The lowest BCUT2D eigenvalue weighted by Gasteiger charge is -2.19. The summed E-state index contributed by atoms with van der Waals surface area (Å²) in [4.78, 5) is 23.8. The molecule has 0 heterocycles. The normalized spacial score (nSPS) is 11.8. The van der Waals surface area contributed by atoms with Crippen molar-refractivity contribution in [2.45, 2.75) is 37.5 Å².